The Balaban J connectivity index is 1.42. The molecule has 6 nitrogen and oxygen atoms in total. The van der Waals surface area contributed by atoms with Crippen LogP contribution < -0.4 is 10.6 Å². The number of pyridine rings is 1. The largest absolute Gasteiger partial charge is 0.361 e. The first-order valence-corrected chi connectivity index (χ1v) is 11.7. The summed E-state index contributed by atoms with van der Waals surface area (Å²) in [6.45, 7) is 2.39. The zero-order chi connectivity index (χ0) is 24.4. The highest BCUT2D eigenvalue weighted by molar-refractivity contribution is 6.36. The van der Waals surface area contributed by atoms with Gasteiger partial charge in [0.2, 0.25) is 0 Å². The molecule has 7 heteroatoms. The van der Waals surface area contributed by atoms with Crippen LogP contribution in [-0.4, -0.2) is 28.3 Å². The highest BCUT2D eigenvalue weighted by Gasteiger charge is 2.28. The van der Waals surface area contributed by atoms with Gasteiger partial charge in [-0.1, -0.05) is 35.9 Å². The average Bonchev–Trinajstić information content (AvgIpc) is 3.39. The first-order valence-electron chi connectivity index (χ1n) is 11.3. The fourth-order valence-corrected chi connectivity index (χ4v) is 4.48. The van der Waals surface area contributed by atoms with Crippen LogP contribution in [0.15, 0.2) is 73.2 Å². The number of rotatable bonds is 6. The molecule has 2 aromatic carbocycles. The summed E-state index contributed by atoms with van der Waals surface area (Å²) in [5.74, 6) is -0.347. The van der Waals surface area contributed by atoms with E-state index in [9.17, 15) is 9.59 Å². The number of carbonyl (C=O) groups excluding carboxylic acids is 2. The van der Waals surface area contributed by atoms with Crippen molar-refractivity contribution in [2.75, 3.05) is 11.9 Å². The van der Waals surface area contributed by atoms with Crippen LogP contribution in [0.2, 0.25) is 5.02 Å². The Hall–Kier alpha value is -4.16. The van der Waals surface area contributed by atoms with Crippen LogP contribution in [0.1, 0.15) is 32.7 Å². The molecule has 4 aromatic rings. The van der Waals surface area contributed by atoms with Gasteiger partial charge in [-0.2, -0.15) is 0 Å². The van der Waals surface area contributed by atoms with E-state index in [4.69, 9.17) is 11.6 Å². The monoisotopic (exact) mass is 482 g/mol. The van der Waals surface area contributed by atoms with Gasteiger partial charge in [0.25, 0.3) is 11.8 Å². The molecule has 0 saturated heterocycles. The van der Waals surface area contributed by atoms with Gasteiger partial charge in [-0.05, 0) is 72.0 Å². The smallest absolute Gasteiger partial charge is 0.256 e. The summed E-state index contributed by atoms with van der Waals surface area (Å²) in [7, 11) is 0. The molecule has 0 saturated carbocycles. The molecule has 0 aliphatic carbocycles. The van der Waals surface area contributed by atoms with E-state index in [1.54, 1.807) is 24.7 Å². The van der Waals surface area contributed by atoms with Crippen LogP contribution in [0.4, 0.5) is 5.69 Å². The maximum Gasteiger partial charge on any atom is 0.256 e. The zero-order valence-corrected chi connectivity index (χ0v) is 19.8. The molecule has 35 heavy (non-hydrogen) atoms. The average molecular weight is 483 g/mol. The summed E-state index contributed by atoms with van der Waals surface area (Å²) in [4.78, 5) is 32.9. The summed E-state index contributed by atoms with van der Waals surface area (Å²) in [6.07, 6.45) is 7.68. The first kappa shape index (κ1) is 22.6. The number of benzene rings is 2. The predicted octanol–water partition coefficient (Wildman–Crippen LogP) is 5.50. The first-order chi connectivity index (χ1) is 17.0. The minimum atomic E-state index is -0.188. The van der Waals surface area contributed by atoms with E-state index < -0.39 is 0 Å². The maximum absolute atomic E-state index is 12.9. The van der Waals surface area contributed by atoms with Crippen molar-refractivity contribution < 1.29 is 9.59 Å². The van der Waals surface area contributed by atoms with E-state index in [-0.39, 0.29) is 11.8 Å². The van der Waals surface area contributed by atoms with Crippen molar-refractivity contribution in [2.24, 2.45) is 0 Å². The Morgan fingerprint density at radius 1 is 1.11 bits per heavy atom. The minimum absolute atomic E-state index is 0.159. The van der Waals surface area contributed by atoms with Crippen LogP contribution in [0.25, 0.3) is 22.8 Å². The van der Waals surface area contributed by atoms with Gasteiger partial charge >= 0.3 is 0 Å². The van der Waals surface area contributed by atoms with Crippen molar-refractivity contribution in [3.63, 3.8) is 0 Å². The van der Waals surface area contributed by atoms with Crippen molar-refractivity contribution >= 4 is 40.8 Å². The number of anilines is 1. The molecule has 1 aliphatic rings. The van der Waals surface area contributed by atoms with Crippen LogP contribution >= 0.6 is 11.6 Å². The number of amides is 2. The Kier molecular flexibility index (Phi) is 6.21. The van der Waals surface area contributed by atoms with E-state index >= 15 is 0 Å². The van der Waals surface area contributed by atoms with Crippen molar-refractivity contribution in [3.05, 3.63) is 106 Å². The van der Waals surface area contributed by atoms with Crippen molar-refractivity contribution in [1.29, 1.82) is 0 Å². The van der Waals surface area contributed by atoms with Crippen LogP contribution in [0.5, 0.6) is 0 Å². The second kappa shape index (κ2) is 9.60. The molecule has 3 heterocycles. The van der Waals surface area contributed by atoms with Gasteiger partial charge in [-0.3, -0.25) is 14.6 Å². The van der Waals surface area contributed by atoms with Gasteiger partial charge < -0.3 is 15.6 Å². The topological polar surface area (TPSA) is 86.9 Å². The number of aromatic nitrogens is 2. The lowest BCUT2D eigenvalue weighted by atomic mass is 9.94. The van der Waals surface area contributed by atoms with E-state index in [1.165, 1.54) is 0 Å². The Bertz CT molecular complexity index is 1460. The molecule has 0 atom stereocenters. The second-order valence-corrected chi connectivity index (χ2v) is 8.79. The van der Waals surface area contributed by atoms with Gasteiger partial charge in [-0.15, -0.1) is 0 Å². The maximum atomic E-state index is 12.9. The quantitative estimate of drug-likeness (QED) is 0.317. The molecule has 0 fully saturated rings. The molecule has 174 valence electrons. The second-order valence-electron chi connectivity index (χ2n) is 8.35. The third-order valence-electron chi connectivity index (χ3n) is 6.12. The van der Waals surface area contributed by atoms with Crippen LogP contribution in [-0.2, 0) is 11.2 Å². The van der Waals surface area contributed by atoms with Crippen molar-refractivity contribution in [1.82, 2.24) is 15.3 Å². The lowest BCUT2D eigenvalue weighted by Gasteiger charge is -2.09. The Morgan fingerprint density at radius 3 is 2.71 bits per heavy atom. The van der Waals surface area contributed by atoms with Crippen molar-refractivity contribution in [3.8, 4) is 11.1 Å². The highest BCUT2D eigenvalue weighted by Crippen LogP contribution is 2.41. The van der Waals surface area contributed by atoms with E-state index in [2.05, 4.69) is 20.6 Å². The lowest BCUT2D eigenvalue weighted by molar-refractivity contribution is -0.110. The summed E-state index contributed by atoms with van der Waals surface area (Å²) < 4.78 is 0. The van der Waals surface area contributed by atoms with Gasteiger partial charge in [0.1, 0.15) is 0 Å². The summed E-state index contributed by atoms with van der Waals surface area (Å²) >= 11 is 6.22. The molecule has 2 aromatic heterocycles. The number of fused-ring (bicyclic) bond motifs is 1. The standard InChI is InChI=1S/C28H23ClN4O2/c1-17-23(27(34)31-13-10-18-8-11-30-12-9-18)16-32-25(17)15-22-26-21(19-4-2-5-20(29)14-19)6-3-7-24(26)33-28(22)35/h2-9,11-12,14-16,32H,10,13H2,1H3,(H,31,34)(H,33,35). The highest BCUT2D eigenvalue weighted by atomic mass is 35.5. The zero-order valence-electron chi connectivity index (χ0n) is 19.1. The SMILES string of the molecule is Cc1c(C(=O)NCCc2ccncc2)c[nH]c1C=C1C(=O)Nc2cccc(-c3cccc(Cl)c3)c21. The number of halogens is 1. The normalized spacial score (nSPS) is 13.5. The fraction of sp³-hybridized carbons (Fsp3) is 0.107. The molecule has 0 radical (unpaired) electrons. The molecule has 1 aliphatic heterocycles. The number of hydrogen-bond acceptors (Lipinski definition) is 3. The number of H-pyrrole nitrogens is 1. The number of hydrogen-bond donors (Lipinski definition) is 3. The number of aromatic amines is 1. The number of nitrogens with zero attached hydrogens (tertiary/aromatic N) is 1. The molecule has 0 spiro atoms. The summed E-state index contributed by atoms with van der Waals surface area (Å²) in [5, 5.41) is 6.54. The van der Waals surface area contributed by atoms with Gasteiger partial charge in [-0.25, -0.2) is 0 Å². The van der Waals surface area contributed by atoms with Gasteiger partial charge in [0.15, 0.2) is 0 Å². The van der Waals surface area contributed by atoms with Crippen LogP contribution in [0.3, 0.4) is 0 Å². The Labute approximate surface area is 208 Å². The van der Waals surface area contributed by atoms with Gasteiger partial charge in [0, 0.05) is 47.1 Å². The predicted molar refractivity (Wildman–Crippen MR) is 139 cm³/mol. The summed E-state index contributed by atoms with van der Waals surface area (Å²) in [6, 6.07) is 17.2. The molecule has 0 bridgehead atoms. The molecule has 5 rings (SSSR count). The van der Waals surface area contributed by atoms with E-state index in [1.807, 2.05) is 61.5 Å². The van der Waals surface area contributed by atoms with Crippen molar-refractivity contribution in [2.45, 2.75) is 13.3 Å². The minimum Gasteiger partial charge on any atom is -0.361 e. The lowest BCUT2D eigenvalue weighted by Crippen LogP contribution is -2.25. The van der Waals surface area contributed by atoms with Crippen LogP contribution in [0, 0.1) is 6.92 Å². The van der Waals surface area contributed by atoms with E-state index in [0.29, 0.717) is 28.4 Å². The Morgan fingerprint density at radius 2 is 1.91 bits per heavy atom. The fourth-order valence-electron chi connectivity index (χ4n) is 4.29. The number of nitrogens with one attached hydrogen (secondary N) is 3. The molecule has 3 N–H and O–H groups in total. The molecule has 2 amide bonds. The third kappa shape index (κ3) is 4.61. The summed E-state index contributed by atoms with van der Waals surface area (Å²) in [5.41, 5.74) is 7.08. The number of carbonyl (C=O) groups is 2. The molecule has 0 unspecified atom stereocenters. The van der Waals surface area contributed by atoms with Gasteiger partial charge in [0.05, 0.1) is 11.1 Å². The molecular weight excluding hydrogens is 460 g/mol. The molecular formula is C28H23ClN4O2. The van der Waals surface area contributed by atoms with E-state index in [0.717, 1.165) is 39.9 Å². The third-order valence-corrected chi connectivity index (χ3v) is 6.36.